The van der Waals surface area contributed by atoms with Crippen molar-refractivity contribution in [3.63, 3.8) is 0 Å². The van der Waals surface area contributed by atoms with Crippen LogP contribution in [0.4, 0.5) is 5.13 Å². The van der Waals surface area contributed by atoms with Crippen molar-refractivity contribution in [1.29, 1.82) is 0 Å². The van der Waals surface area contributed by atoms with Gasteiger partial charge in [-0.3, -0.25) is 0 Å². The molecule has 0 radical (unpaired) electrons. The number of ether oxygens (including phenoxy) is 2. The van der Waals surface area contributed by atoms with Gasteiger partial charge in [-0.25, -0.2) is 0 Å². The SMILES string of the molecule is CCc1nnc(NCc2cc(Cl)c(OC)c(OC)c2)s1. The Morgan fingerprint density at radius 3 is 2.65 bits per heavy atom. The third-order valence-electron chi connectivity index (χ3n) is 2.71. The molecule has 0 atom stereocenters. The summed E-state index contributed by atoms with van der Waals surface area (Å²) in [5, 5.41) is 13.7. The summed E-state index contributed by atoms with van der Waals surface area (Å²) in [6.45, 7) is 2.65. The Kier molecular flexibility index (Phi) is 5.03. The average Bonchev–Trinajstić information content (AvgIpc) is 2.92. The Morgan fingerprint density at radius 2 is 2.05 bits per heavy atom. The first-order valence-corrected chi connectivity index (χ1v) is 7.34. The minimum atomic E-state index is 0.523. The van der Waals surface area contributed by atoms with Gasteiger partial charge in [-0.2, -0.15) is 0 Å². The molecule has 0 aliphatic carbocycles. The molecular weight excluding hydrogens is 298 g/mol. The minimum absolute atomic E-state index is 0.523. The van der Waals surface area contributed by atoms with Crippen LogP contribution in [0.15, 0.2) is 12.1 Å². The normalized spacial score (nSPS) is 10.4. The third kappa shape index (κ3) is 3.32. The molecule has 1 heterocycles. The Morgan fingerprint density at radius 1 is 1.25 bits per heavy atom. The first-order valence-electron chi connectivity index (χ1n) is 6.14. The van der Waals surface area contributed by atoms with Gasteiger partial charge in [0.25, 0.3) is 0 Å². The summed E-state index contributed by atoms with van der Waals surface area (Å²) in [7, 11) is 3.15. The Balaban J connectivity index is 2.11. The number of aromatic nitrogens is 2. The lowest BCUT2D eigenvalue weighted by Gasteiger charge is -2.11. The van der Waals surface area contributed by atoms with Crippen molar-refractivity contribution < 1.29 is 9.47 Å². The molecule has 1 N–H and O–H groups in total. The molecule has 20 heavy (non-hydrogen) atoms. The van der Waals surface area contributed by atoms with Gasteiger partial charge in [0.1, 0.15) is 5.01 Å². The van der Waals surface area contributed by atoms with Crippen molar-refractivity contribution in [3.05, 3.63) is 27.7 Å². The number of rotatable bonds is 6. The van der Waals surface area contributed by atoms with Crippen molar-refractivity contribution in [3.8, 4) is 11.5 Å². The van der Waals surface area contributed by atoms with Gasteiger partial charge >= 0.3 is 0 Å². The van der Waals surface area contributed by atoms with Crippen LogP contribution in [0.3, 0.4) is 0 Å². The second kappa shape index (κ2) is 6.76. The number of nitrogens with one attached hydrogen (secondary N) is 1. The van der Waals surface area contributed by atoms with E-state index in [1.54, 1.807) is 25.6 Å². The van der Waals surface area contributed by atoms with E-state index < -0.39 is 0 Å². The molecule has 0 aliphatic rings. The molecule has 0 unspecified atom stereocenters. The van der Waals surface area contributed by atoms with Crippen molar-refractivity contribution >= 4 is 28.1 Å². The number of benzene rings is 1. The van der Waals surface area contributed by atoms with Gasteiger partial charge in [0.05, 0.1) is 19.2 Å². The van der Waals surface area contributed by atoms with Gasteiger partial charge in [0.2, 0.25) is 5.13 Å². The van der Waals surface area contributed by atoms with E-state index in [2.05, 4.69) is 22.4 Å². The topological polar surface area (TPSA) is 56.3 Å². The molecule has 108 valence electrons. The first kappa shape index (κ1) is 14.9. The molecule has 5 nitrogen and oxygen atoms in total. The fraction of sp³-hybridized carbons (Fsp3) is 0.385. The molecule has 0 aliphatic heterocycles. The van der Waals surface area contributed by atoms with E-state index in [0.29, 0.717) is 23.1 Å². The molecule has 2 aromatic rings. The molecule has 1 aromatic carbocycles. The van der Waals surface area contributed by atoms with Crippen LogP contribution in [0.2, 0.25) is 5.02 Å². The van der Waals surface area contributed by atoms with Crippen molar-refractivity contribution in [2.45, 2.75) is 19.9 Å². The molecule has 0 amide bonds. The van der Waals surface area contributed by atoms with Crippen LogP contribution in [-0.4, -0.2) is 24.4 Å². The summed E-state index contributed by atoms with van der Waals surface area (Å²) in [6.07, 6.45) is 0.890. The summed E-state index contributed by atoms with van der Waals surface area (Å²) < 4.78 is 10.5. The zero-order valence-electron chi connectivity index (χ0n) is 11.6. The molecule has 0 bridgehead atoms. The van der Waals surface area contributed by atoms with Crippen LogP contribution < -0.4 is 14.8 Å². The van der Waals surface area contributed by atoms with Gasteiger partial charge in [0.15, 0.2) is 11.5 Å². The summed E-state index contributed by atoms with van der Waals surface area (Å²) >= 11 is 7.72. The largest absolute Gasteiger partial charge is 0.493 e. The summed E-state index contributed by atoms with van der Waals surface area (Å²) in [6, 6.07) is 3.73. The predicted octanol–water partition coefficient (Wildman–Crippen LogP) is 3.38. The lowest BCUT2D eigenvalue weighted by molar-refractivity contribution is 0.355. The standard InChI is InChI=1S/C13H16ClN3O2S/c1-4-11-16-17-13(20-11)15-7-8-5-9(14)12(19-3)10(6-8)18-2/h5-6H,4,7H2,1-3H3,(H,15,17). The van der Waals surface area contributed by atoms with E-state index in [1.165, 1.54) is 0 Å². The highest BCUT2D eigenvalue weighted by Gasteiger charge is 2.11. The van der Waals surface area contributed by atoms with Crippen molar-refractivity contribution in [2.75, 3.05) is 19.5 Å². The molecule has 0 saturated heterocycles. The van der Waals surface area contributed by atoms with Crippen LogP contribution in [-0.2, 0) is 13.0 Å². The maximum absolute atomic E-state index is 6.16. The van der Waals surface area contributed by atoms with Gasteiger partial charge in [-0.05, 0) is 24.1 Å². The number of methoxy groups -OCH3 is 2. The van der Waals surface area contributed by atoms with Gasteiger partial charge in [-0.1, -0.05) is 29.9 Å². The smallest absolute Gasteiger partial charge is 0.205 e. The summed E-state index contributed by atoms with van der Waals surface area (Å²) in [4.78, 5) is 0. The lowest BCUT2D eigenvalue weighted by atomic mass is 10.2. The molecule has 0 fully saturated rings. The highest BCUT2D eigenvalue weighted by molar-refractivity contribution is 7.15. The number of anilines is 1. The zero-order valence-corrected chi connectivity index (χ0v) is 13.1. The minimum Gasteiger partial charge on any atom is -0.493 e. The van der Waals surface area contributed by atoms with E-state index in [-0.39, 0.29) is 0 Å². The van der Waals surface area contributed by atoms with Crippen molar-refractivity contribution in [1.82, 2.24) is 10.2 Å². The predicted molar refractivity (Wildman–Crippen MR) is 81.2 cm³/mol. The Labute approximate surface area is 126 Å². The fourth-order valence-electron chi connectivity index (χ4n) is 1.72. The fourth-order valence-corrected chi connectivity index (χ4v) is 2.70. The zero-order chi connectivity index (χ0) is 14.5. The lowest BCUT2D eigenvalue weighted by Crippen LogP contribution is -2.01. The molecule has 7 heteroatoms. The van der Waals surface area contributed by atoms with E-state index in [4.69, 9.17) is 21.1 Å². The van der Waals surface area contributed by atoms with Gasteiger partial charge in [0, 0.05) is 6.54 Å². The summed E-state index contributed by atoms with van der Waals surface area (Å²) in [5.41, 5.74) is 0.987. The number of aryl methyl sites for hydroxylation is 1. The number of nitrogens with zero attached hydrogens (tertiary/aromatic N) is 2. The monoisotopic (exact) mass is 313 g/mol. The molecule has 2 rings (SSSR count). The third-order valence-corrected chi connectivity index (χ3v) is 4.01. The molecule has 0 saturated carbocycles. The van der Waals surface area contributed by atoms with Gasteiger partial charge < -0.3 is 14.8 Å². The van der Waals surface area contributed by atoms with Crippen LogP contribution in [0, 0.1) is 0 Å². The molecule has 0 spiro atoms. The highest BCUT2D eigenvalue weighted by atomic mass is 35.5. The van der Waals surface area contributed by atoms with E-state index in [1.807, 2.05) is 12.1 Å². The van der Waals surface area contributed by atoms with Crippen LogP contribution in [0.25, 0.3) is 0 Å². The molecule has 1 aromatic heterocycles. The average molecular weight is 314 g/mol. The Bertz CT molecular complexity index is 589. The quantitative estimate of drug-likeness (QED) is 0.886. The summed E-state index contributed by atoms with van der Waals surface area (Å²) in [5.74, 6) is 1.16. The Hall–Kier alpha value is -1.53. The molecular formula is C13H16ClN3O2S. The van der Waals surface area contributed by atoms with E-state index in [0.717, 1.165) is 22.1 Å². The maximum atomic E-state index is 6.16. The second-order valence-electron chi connectivity index (χ2n) is 4.02. The number of hydrogen-bond donors (Lipinski definition) is 1. The second-order valence-corrected chi connectivity index (χ2v) is 5.49. The maximum Gasteiger partial charge on any atom is 0.205 e. The highest BCUT2D eigenvalue weighted by Crippen LogP contribution is 2.36. The van der Waals surface area contributed by atoms with E-state index in [9.17, 15) is 0 Å². The van der Waals surface area contributed by atoms with Gasteiger partial charge in [-0.15, -0.1) is 10.2 Å². The van der Waals surface area contributed by atoms with Crippen molar-refractivity contribution in [2.24, 2.45) is 0 Å². The first-order chi connectivity index (χ1) is 9.67. The van der Waals surface area contributed by atoms with Crippen LogP contribution >= 0.6 is 22.9 Å². The number of hydrogen-bond acceptors (Lipinski definition) is 6. The van der Waals surface area contributed by atoms with Crippen LogP contribution in [0.5, 0.6) is 11.5 Å². The van der Waals surface area contributed by atoms with Crippen LogP contribution in [0.1, 0.15) is 17.5 Å². The van der Waals surface area contributed by atoms with E-state index >= 15 is 0 Å². The number of halogens is 1.